The molecule has 3 heterocycles. The van der Waals surface area contributed by atoms with Crippen molar-refractivity contribution >= 4 is 34.0 Å². The SMILES string of the molecule is Cn1ncc2c(=O)n(Cc3nnc(Cl)s3)cnc21. The molecule has 18 heavy (non-hydrogen) atoms. The summed E-state index contributed by atoms with van der Waals surface area (Å²) >= 11 is 6.93. The summed E-state index contributed by atoms with van der Waals surface area (Å²) in [5, 5.41) is 12.7. The molecule has 3 aromatic rings. The predicted molar refractivity (Wildman–Crippen MR) is 66.8 cm³/mol. The molecule has 0 bridgehead atoms. The first-order valence-electron chi connectivity index (χ1n) is 5.00. The fourth-order valence-electron chi connectivity index (χ4n) is 1.62. The molecule has 3 aromatic heterocycles. The van der Waals surface area contributed by atoms with E-state index in [-0.39, 0.29) is 5.56 Å². The standard InChI is InChI=1S/C9H7ClN6OS/c1-15-7-5(2-12-15)8(17)16(4-11-7)3-6-13-14-9(10)18-6/h2,4H,3H2,1H3. The van der Waals surface area contributed by atoms with Crippen LogP contribution in [-0.2, 0) is 13.6 Å². The van der Waals surface area contributed by atoms with Gasteiger partial charge in [-0.2, -0.15) is 5.10 Å². The van der Waals surface area contributed by atoms with Gasteiger partial charge in [0, 0.05) is 7.05 Å². The molecule has 0 atom stereocenters. The van der Waals surface area contributed by atoms with Crippen LogP contribution in [0.1, 0.15) is 5.01 Å². The lowest BCUT2D eigenvalue weighted by Gasteiger charge is -2.01. The fourth-order valence-corrected chi connectivity index (χ4v) is 2.49. The third kappa shape index (κ3) is 1.79. The Labute approximate surface area is 110 Å². The highest BCUT2D eigenvalue weighted by Crippen LogP contribution is 2.15. The molecule has 0 saturated carbocycles. The van der Waals surface area contributed by atoms with Gasteiger partial charge in [-0.15, -0.1) is 10.2 Å². The summed E-state index contributed by atoms with van der Waals surface area (Å²) < 4.78 is 3.37. The lowest BCUT2D eigenvalue weighted by atomic mass is 10.4. The van der Waals surface area contributed by atoms with Gasteiger partial charge in [-0.25, -0.2) is 4.98 Å². The Hall–Kier alpha value is -1.80. The minimum atomic E-state index is -0.153. The Bertz CT molecular complexity index is 775. The van der Waals surface area contributed by atoms with E-state index in [1.54, 1.807) is 11.7 Å². The van der Waals surface area contributed by atoms with Gasteiger partial charge < -0.3 is 0 Å². The first kappa shape index (κ1) is 11.3. The van der Waals surface area contributed by atoms with Gasteiger partial charge in [0.2, 0.25) is 4.47 Å². The van der Waals surface area contributed by atoms with Crippen LogP contribution in [0.4, 0.5) is 0 Å². The van der Waals surface area contributed by atoms with E-state index >= 15 is 0 Å². The molecule has 0 saturated heterocycles. The number of halogens is 1. The molecule has 7 nitrogen and oxygen atoms in total. The number of nitrogens with zero attached hydrogens (tertiary/aromatic N) is 6. The molecule has 0 spiro atoms. The summed E-state index contributed by atoms with van der Waals surface area (Å²) in [5.74, 6) is 0. The van der Waals surface area contributed by atoms with Gasteiger partial charge in [-0.1, -0.05) is 11.3 Å². The largest absolute Gasteiger partial charge is 0.292 e. The summed E-state index contributed by atoms with van der Waals surface area (Å²) in [4.78, 5) is 16.3. The van der Waals surface area contributed by atoms with Crippen LogP contribution in [-0.4, -0.2) is 29.5 Å². The Morgan fingerprint density at radius 2 is 2.28 bits per heavy atom. The lowest BCUT2D eigenvalue weighted by molar-refractivity contribution is 0.726. The van der Waals surface area contributed by atoms with Crippen molar-refractivity contribution in [3.63, 3.8) is 0 Å². The average Bonchev–Trinajstić information content (AvgIpc) is 2.91. The van der Waals surface area contributed by atoms with E-state index in [1.165, 1.54) is 28.4 Å². The third-order valence-corrected chi connectivity index (χ3v) is 3.47. The smallest absolute Gasteiger partial charge is 0.264 e. The number of aryl methyl sites for hydroxylation is 1. The van der Waals surface area contributed by atoms with Gasteiger partial charge in [-0.3, -0.25) is 14.0 Å². The number of rotatable bonds is 2. The maximum Gasteiger partial charge on any atom is 0.264 e. The molecule has 0 aliphatic carbocycles. The van der Waals surface area contributed by atoms with Crippen molar-refractivity contribution in [3.05, 3.63) is 32.4 Å². The molecular weight excluding hydrogens is 276 g/mol. The molecule has 0 aliphatic heterocycles. The summed E-state index contributed by atoms with van der Waals surface area (Å²) in [6.45, 7) is 0.307. The Balaban J connectivity index is 2.07. The second-order valence-corrected chi connectivity index (χ2v) is 5.28. The molecule has 0 fully saturated rings. The van der Waals surface area contributed by atoms with E-state index in [1.807, 2.05) is 0 Å². The molecule has 0 unspecified atom stereocenters. The van der Waals surface area contributed by atoms with E-state index in [4.69, 9.17) is 11.6 Å². The van der Waals surface area contributed by atoms with Crippen molar-refractivity contribution in [3.8, 4) is 0 Å². The molecule has 0 N–H and O–H groups in total. The zero-order valence-electron chi connectivity index (χ0n) is 9.24. The molecule has 0 radical (unpaired) electrons. The Kier molecular flexibility index (Phi) is 2.60. The molecule has 0 aromatic carbocycles. The van der Waals surface area contributed by atoms with E-state index in [2.05, 4.69) is 20.3 Å². The third-order valence-electron chi connectivity index (χ3n) is 2.47. The van der Waals surface area contributed by atoms with E-state index in [0.29, 0.717) is 27.1 Å². The van der Waals surface area contributed by atoms with Crippen molar-refractivity contribution in [1.29, 1.82) is 0 Å². The molecule has 3 rings (SSSR count). The number of aromatic nitrogens is 6. The van der Waals surface area contributed by atoms with Crippen LogP contribution in [0.2, 0.25) is 4.47 Å². The van der Waals surface area contributed by atoms with Crippen molar-refractivity contribution in [1.82, 2.24) is 29.5 Å². The maximum atomic E-state index is 12.1. The predicted octanol–water partition coefficient (Wildman–Crippen LogP) is 0.683. The minimum Gasteiger partial charge on any atom is -0.292 e. The molecule has 92 valence electrons. The fraction of sp³-hybridized carbons (Fsp3) is 0.222. The Morgan fingerprint density at radius 3 is 3.00 bits per heavy atom. The number of fused-ring (bicyclic) bond motifs is 1. The summed E-state index contributed by atoms with van der Waals surface area (Å²) in [5.41, 5.74) is 0.408. The van der Waals surface area contributed by atoms with Gasteiger partial charge in [0.05, 0.1) is 12.7 Å². The van der Waals surface area contributed by atoms with E-state index in [9.17, 15) is 4.79 Å². The van der Waals surface area contributed by atoms with Crippen molar-refractivity contribution < 1.29 is 0 Å². The number of hydrogen-bond donors (Lipinski definition) is 0. The van der Waals surface area contributed by atoms with Gasteiger partial charge in [0.15, 0.2) is 5.65 Å². The van der Waals surface area contributed by atoms with Crippen molar-refractivity contribution in [2.75, 3.05) is 0 Å². The molecule has 9 heteroatoms. The van der Waals surface area contributed by atoms with E-state index < -0.39 is 0 Å². The summed E-state index contributed by atoms with van der Waals surface area (Å²) in [6.07, 6.45) is 2.98. The quantitative estimate of drug-likeness (QED) is 0.691. The summed E-state index contributed by atoms with van der Waals surface area (Å²) in [7, 11) is 1.74. The van der Waals surface area contributed by atoms with Gasteiger partial charge in [0.25, 0.3) is 5.56 Å². The zero-order valence-corrected chi connectivity index (χ0v) is 10.8. The minimum absolute atomic E-state index is 0.153. The van der Waals surface area contributed by atoms with Crippen molar-refractivity contribution in [2.45, 2.75) is 6.54 Å². The molecule has 0 aliphatic rings. The lowest BCUT2D eigenvalue weighted by Crippen LogP contribution is -2.21. The average molecular weight is 283 g/mol. The molecular formula is C9H7ClN6OS. The highest BCUT2D eigenvalue weighted by molar-refractivity contribution is 7.15. The second-order valence-electron chi connectivity index (χ2n) is 3.63. The van der Waals surface area contributed by atoms with Gasteiger partial charge in [0.1, 0.15) is 16.7 Å². The zero-order chi connectivity index (χ0) is 12.7. The van der Waals surface area contributed by atoms with Gasteiger partial charge >= 0.3 is 0 Å². The summed E-state index contributed by atoms with van der Waals surface area (Å²) in [6, 6.07) is 0. The second kappa shape index (κ2) is 4.14. The van der Waals surface area contributed by atoms with Crippen LogP contribution in [0.25, 0.3) is 11.0 Å². The van der Waals surface area contributed by atoms with Crippen LogP contribution in [0.15, 0.2) is 17.3 Å². The van der Waals surface area contributed by atoms with Crippen LogP contribution in [0.3, 0.4) is 0 Å². The van der Waals surface area contributed by atoms with Crippen LogP contribution >= 0.6 is 22.9 Å². The number of hydrogen-bond acceptors (Lipinski definition) is 6. The van der Waals surface area contributed by atoms with Crippen molar-refractivity contribution in [2.24, 2.45) is 7.05 Å². The topological polar surface area (TPSA) is 78.5 Å². The first-order chi connectivity index (χ1) is 8.65. The highest BCUT2D eigenvalue weighted by atomic mass is 35.5. The highest BCUT2D eigenvalue weighted by Gasteiger charge is 2.10. The van der Waals surface area contributed by atoms with Crippen LogP contribution in [0.5, 0.6) is 0 Å². The van der Waals surface area contributed by atoms with Crippen LogP contribution < -0.4 is 5.56 Å². The first-order valence-corrected chi connectivity index (χ1v) is 6.19. The van der Waals surface area contributed by atoms with Crippen LogP contribution in [0, 0.1) is 0 Å². The molecule has 0 amide bonds. The normalized spacial score (nSPS) is 11.2. The maximum absolute atomic E-state index is 12.1. The monoisotopic (exact) mass is 282 g/mol. The van der Waals surface area contributed by atoms with Gasteiger partial charge in [-0.05, 0) is 11.6 Å². The van der Waals surface area contributed by atoms with E-state index in [0.717, 1.165) is 0 Å². The Morgan fingerprint density at radius 1 is 1.44 bits per heavy atom.